The third kappa shape index (κ3) is 5.36. The van der Waals surface area contributed by atoms with Crippen LogP contribution >= 0.6 is 0 Å². The second-order valence-electron chi connectivity index (χ2n) is 6.29. The molecule has 0 saturated carbocycles. The number of phenolic OH excluding ortho intramolecular Hbond substituents is 1. The number of aromatic hydroxyl groups is 1. The zero-order valence-electron chi connectivity index (χ0n) is 15.2. The standard InChI is InChI=1S/C21H30N2O/c1-4-22(16-19-11-7-6-10-18(19)3)14-15-23(5-2)17-20-12-8-9-13-21(20)24/h6-13,24H,4-5,14-17H2,1-3H3. The molecule has 0 unspecified atom stereocenters. The van der Waals surface area contributed by atoms with E-state index in [-0.39, 0.29) is 0 Å². The van der Waals surface area contributed by atoms with Gasteiger partial charge in [-0.25, -0.2) is 0 Å². The molecule has 3 heteroatoms. The molecule has 0 saturated heterocycles. The van der Waals surface area contributed by atoms with Crippen LogP contribution in [0.4, 0.5) is 0 Å². The van der Waals surface area contributed by atoms with Crippen molar-refractivity contribution in [2.75, 3.05) is 26.2 Å². The fraction of sp³-hybridized carbons (Fsp3) is 0.429. The van der Waals surface area contributed by atoms with E-state index in [0.717, 1.165) is 44.8 Å². The largest absolute Gasteiger partial charge is 0.508 e. The summed E-state index contributed by atoms with van der Waals surface area (Å²) in [6.45, 7) is 12.4. The lowest BCUT2D eigenvalue weighted by Gasteiger charge is -2.27. The van der Waals surface area contributed by atoms with Gasteiger partial charge in [-0.2, -0.15) is 0 Å². The molecule has 130 valence electrons. The van der Waals surface area contributed by atoms with Crippen LogP contribution in [-0.4, -0.2) is 41.1 Å². The normalized spacial score (nSPS) is 11.4. The Morgan fingerprint density at radius 1 is 0.750 bits per heavy atom. The first kappa shape index (κ1) is 18.5. The first-order chi connectivity index (χ1) is 11.6. The van der Waals surface area contributed by atoms with Crippen LogP contribution in [0.1, 0.15) is 30.5 Å². The number of para-hydroxylation sites is 1. The van der Waals surface area contributed by atoms with Gasteiger partial charge in [-0.05, 0) is 37.2 Å². The van der Waals surface area contributed by atoms with E-state index in [1.807, 2.05) is 18.2 Å². The maximum atomic E-state index is 9.97. The number of rotatable bonds is 9. The fourth-order valence-corrected chi connectivity index (χ4v) is 2.89. The van der Waals surface area contributed by atoms with Crippen LogP contribution in [0.25, 0.3) is 0 Å². The summed E-state index contributed by atoms with van der Waals surface area (Å²) in [7, 11) is 0. The first-order valence-electron chi connectivity index (χ1n) is 8.90. The van der Waals surface area contributed by atoms with Crippen LogP contribution in [0.5, 0.6) is 5.75 Å². The Bertz CT molecular complexity index is 571. The minimum absolute atomic E-state index is 0.392. The Hall–Kier alpha value is -1.84. The summed E-state index contributed by atoms with van der Waals surface area (Å²) in [6.07, 6.45) is 0. The highest BCUT2D eigenvalue weighted by molar-refractivity contribution is 5.31. The van der Waals surface area contributed by atoms with Gasteiger partial charge in [0.2, 0.25) is 0 Å². The Labute approximate surface area is 146 Å². The van der Waals surface area contributed by atoms with Crippen molar-refractivity contribution in [3.8, 4) is 5.75 Å². The lowest BCUT2D eigenvalue weighted by molar-refractivity contribution is 0.203. The SMILES string of the molecule is CCN(CCN(CC)Cc1ccccc1O)Cc1ccccc1C. The van der Waals surface area contributed by atoms with E-state index in [4.69, 9.17) is 0 Å². The number of phenols is 1. The van der Waals surface area contributed by atoms with Gasteiger partial charge in [-0.15, -0.1) is 0 Å². The topological polar surface area (TPSA) is 26.7 Å². The molecule has 24 heavy (non-hydrogen) atoms. The summed E-state index contributed by atoms with van der Waals surface area (Å²) in [4.78, 5) is 4.87. The molecule has 0 aliphatic heterocycles. The van der Waals surface area contributed by atoms with Crippen LogP contribution in [0.15, 0.2) is 48.5 Å². The van der Waals surface area contributed by atoms with Crippen molar-refractivity contribution in [3.05, 3.63) is 65.2 Å². The van der Waals surface area contributed by atoms with Gasteiger partial charge in [-0.1, -0.05) is 56.3 Å². The summed E-state index contributed by atoms with van der Waals surface area (Å²) in [5.41, 5.74) is 3.77. The second kappa shape index (κ2) is 9.45. The molecule has 0 spiro atoms. The van der Waals surface area contributed by atoms with Gasteiger partial charge in [0, 0.05) is 31.7 Å². The first-order valence-corrected chi connectivity index (χ1v) is 8.90. The van der Waals surface area contributed by atoms with Crippen LogP contribution in [0.2, 0.25) is 0 Å². The van der Waals surface area contributed by atoms with Crippen LogP contribution in [-0.2, 0) is 13.1 Å². The molecule has 1 N–H and O–H groups in total. The van der Waals surface area contributed by atoms with Gasteiger partial charge in [0.25, 0.3) is 0 Å². The summed E-state index contributed by atoms with van der Waals surface area (Å²) in [5.74, 6) is 0.392. The molecule has 0 aromatic heterocycles. The molecular formula is C21H30N2O. The Balaban J connectivity index is 1.91. The van der Waals surface area contributed by atoms with Gasteiger partial charge in [0.05, 0.1) is 0 Å². The van der Waals surface area contributed by atoms with E-state index in [1.165, 1.54) is 11.1 Å². The highest BCUT2D eigenvalue weighted by Gasteiger charge is 2.10. The summed E-state index contributed by atoms with van der Waals surface area (Å²) in [6, 6.07) is 16.2. The van der Waals surface area contributed by atoms with E-state index in [2.05, 4.69) is 54.8 Å². The van der Waals surface area contributed by atoms with E-state index in [1.54, 1.807) is 6.07 Å². The predicted octanol–water partition coefficient (Wildman–Crippen LogP) is 4.04. The van der Waals surface area contributed by atoms with E-state index in [9.17, 15) is 5.11 Å². The number of aryl methyl sites for hydroxylation is 1. The molecule has 2 aromatic carbocycles. The number of hydrogen-bond acceptors (Lipinski definition) is 3. The van der Waals surface area contributed by atoms with Gasteiger partial charge < -0.3 is 5.11 Å². The highest BCUT2D eigenvalue weighted by Crippen LogP contribution is 2.17. The van der Waals surface area contributed by atoms with Gasteiger partial charge in [0.1, 0.15) is 5.75 Å². The molecule has 0 bridgehead atoms. The Morgan fingerprint density at radius 3 is 1.79 bits per heavy atom. The van der Waals surface area contributed by atoms with Gasteiger partial charge in [0.15, 0.2) is 0 Å². The number of hydrogen-bond donors (Lipinski definition) is 1. The predicted molar refractivity (Wildman–Crippen MR) is 101 cm³/mol. The minimum Gasteiger partial charge on any atom is -0.508 e. The molecule has 0 fully saturated rings. The van der Waals surface area contributed by atoms with E-state index < -0.39 is 0 Å². The van der Waals surface area contributed by atoms with Crippen molar-refractivity contribution in [3.63, 3.8) is 0 Å². The van der Waals surface area contributed by atoms with Crippen molar-refractivity contribution >= 4 is 0 Å². The zero-order valence-corrected chi connectivity index (χ0v) is 15.2. The highest BCUT2D eigenvalue weighted by atomic mass is 16.3. The number of benzene rings is 2. The van der Waals surface area contributed by atoms with E-state index >= 15 is 0 Å². The molecule has 0 amide bonds. The van der Waals surface area contributed by atoms with Crippen LogP contribution < -0.4 is 0 Å². The molecular weight excluding hydrogens is 296 g/mol. The quantitative estimate of drug-likeness (QED) is 0.753. The molecule has 0 atom stereocenters. The smallest absolute Gasteiger partial charge is 0.120 e. The Morgan fingerprint density at radius 2 is 1.25 bits per heavy atom. The summed E-state index contributed by atoms with van der Waals surface area (Å²) >= 11 is 0. The lowest BCUT2D eigenvalue weighted by atomic mass is 10.1. The number of nitrogens with zero attached hydrogens (tertiary/aromatic N) is 2. The van der Waals surface area contributed by atoms with Crippen LogP contribution in [0, 0.1) is 6.92 Å². The van der Waals surface area contributed by atoms with Gasteiger partial charge in [-0.3, -0.25) is 9.80 Å². The maximum Gasteiger partial charge on any atom is 0.120 e. The molecule has 0 aliphatic rings. The van der Waals surface area contributed by atoms with Crippen molar-refractivity contribution in [1.82, 2.24) is 9.80 Å². The third-order valence-corrected chi connectivity index (χ3v) is 4.67. The molecule has 0 aliphatic carbocycles. The molecule has 0 radical (unpaired) electrons. The fourth-order valence-electron chi connectivity index (χ4n) is 2.89. The van der Waals surface area contributed by atoms with Crippen molar-refractivity contribution < 1.29 is 5.11 Å². The average Bonchev–Trinajstić information content (AvgIpc) is 2.60. The minimum atomic E-state index is 0.392. The second-order valence-corrected chi connectivity index (χ2v) is 6.29. The molecule has 2 aromatic rings. The Kier molecular flexibility index (Phi) is 7.29. The van der Waals surface area contributed by atoms with Gasteiger partial charge >= 0.3 is 0 Å². The van der Waals surface area contributed by atoms with Crippen molar-refractivity contribution in [2.24, 2.45) is 0 Å². The monoisotopic (exact) mass is 326 g/mol. The third-order valence-electron chi connectivity index (χ3n) is 4.67. The van der Waals surface area contributed by atoms with Crippen molar-refractivity contribution in [1.29, 1.82) is 0 Å². The van der Waals surface area contributed by atoms with E-state index in [0.29, 0.717) is 5.75 Å². The maximum absolute atomic E-state index is 9.97. The molecule has 2 rings (SSSR count). The summed E-state index contributed by atoms with van der Waals surface area (Å²) < 4.78 is 0. The number of likely N-dealkylation sites (N-methyl/N-ethyl adjacent to an activating group) is 2. The lowest BCUT2D eigenvalue weighted by Crippen LogP contribution is -2.34. The average molecular weight is 326 g/mol. The van der Waals surface area contributed by atoms with Crippen molar-refractivity contribution in [2.45, 2.75) is 33.9 Å². The summed E-state index contributed by atoms with van der Waals surface area (Å²) in [5, 5.41) is 9.97. The van der Waals surface area contributed by atoms with Crippen LogP contribution in [0.3, 0.4) is 0 Å². The molecule has 0 heterocycles. The molecule has 3 nitrogen and oxygen atoms in total. The zero-order chi connectivity index (χ0) is 17.4.